The molecule has 0 unspecified atom stereocenters. The first-order valence-corrected chi connectivity index (χ1v) is 18.8. The number of azo groups is 2. The van der Waals surface area contributed by atoms with Gasteiger partial charge in [0.2, 0.25) is 0 Å². The molecule has 286 valence electrons. The molecular formula is C47H31ClN6O5. The van der Waals surface area contributed by atoms with Crippen LogP contribution in [0.2, 0.25) is 5.02 Å². The number of amides is 1. The number of nitrogens with zero attached hydrogens (tertiary/aromatic N) is 4. The number of anilines is 2. The van der Waals surface area contributed by atoms with Gasteiger partial charge in [-0.15, -0.1) is 10.2 Å². The predicted molar refractivity (Wildman–Crippen MR) is 229 cm³/mol. The molecule has 1 amide bonds. The molecule has 0 aliphatic heterocycles. The zero-order valence-electron chi connectivity index (χ0n) is 30.9. The summed E-state index contributed by atoms with van der Waals surface area (Å²) in [7, 11) is 0. The summed E-state index contributed by atoms with van der Waals surface area (Å²) in [6, 6.07) is 44.8. The van der Waals surface area contributed by atoms with Gasteiger partial charge in [-0.3, -0.25) is 19.9 Å². The van der Waals surface area contributed by atoms with Gasteiger partial charge in [-0.25, -0.2) is 0 Å². The van der Waals surface area contributed by atoms with Crippen molar-refractivity contribution >= 4 is 79.0 Å². The van der Waals surface area contributed by atoms with Gasteiger partial charge in [0, 0.05) is 27.5 Å². The van der Waals surface area contributed by atoms with Crippen molar-refractivity contribution in [2.24, 2.45) is 20.5 Å². The molecule has 0 atom stereocenters. The minimum atomic E-state index is -0.571. The first-order chi connectivity index (χ1) is 28.8. The highest BCUT2D eigenvalue weighted by molar-refractivity contribution is 6.34. The van der Waals surface area contributed by atoms with Crippen LogP contribution in [0, 0.1) is 0 Å². The smallest absolute Gasteiger partial charge is 0.259 e. The second-order valence-corrected chi connectivity index (χ2v) is 14.1. The number of aromatic hydroxyl groups is 2. The van der Waals surface area contributed by atoms with Crippen LogP contribution in [0.1, 0.15) is 31.8 Å². The maximum absolute atomic E-state index is 13.8. The molecule has 9 rings (SSSR count). The zero-order valence-corrected chi connectivity index (χ0v) is 31.7. The van der Waals surface area contributed by atoms with Gasteiger partial charge in [-0.05, 0) is 82.6 Å². The number of phenolic OH excluding ortho intramolecular Hbond substituents is 2. The van der Waals surface area contributed by atoms with Gasteiger partial charge in [0.1, 0.15) is 23.7 Å². The average molecular weight is 795 g/mol. The highest BCUT2D eigenvalue weighted by Gasteiger charge is 2.28. The fraction of sp³-hybridized carbons (Fsp3) is 0.0213. The third kappa shape index (κ3) is 7.23. The lowest BCUT2D eigenvalue weighted by Gasteiger charge is -2.12. The molecule has 0 heterocycles. The summed E-state index contributed by atoms with van der Waals surface area (Å²) >= 11 is 6.26. The maximum atomic E-state index is 13.8. The van der Waals surface area contributed by atoms with Crippen molar-refractivity contribution in [2.45, 2.75) is 6.61 Å². The highest BCUT2D eigenvalue weighted by Crippen LogP contribution is 2.44. The highest BCUT2D eigenvalue weighted by atomic mass is 35.5. The lowest BCUT2D eigenvalue weighted by atomic mass is 10.0. The molecule has 0 saturated heterocycles. The van der Waals surface area contributed by atoms with Gasteiger partial charge in [0.05, 0.1) is 33.3 Å². The van der Waals surface area contributed by atoms with Crippen molar-refractivity contribution in [2.75, 3.05) is 10.8 Å². The Morgan fingerprint density at radius 3 is 1.80 bits per heavy atom. The standard InChI is InChI=1S/C47H31ClN6O5/c48-40-16-8-9-17-41(40)49-47(58)39-23-28-11-5-7-15-34(28)43(46(39)57)53-51-32-19-21-36-35-20-18-31(24-37(35)45(56)38(36)25-32)50-52-42-33-14-6-4-10-27(33)22-29(44(42)55)26-59-54-30-12-2-1-3-13-30/h1-25,54-55,57H,26H2,(H,49,58). The Bertz CT molecular complexity index is 3040. The minimum Gasteiger partial charge on any atom is -0.505 e. The average Bonchev–Trinajstić information content (AvgIpc) is 3.53. The van der Waals surface area contributed by atoms with Crippen LogP contribution in [0.3, 0.4) is 0 Å². The number of rotatable bonds is 10. The van der Waals surface area contributed by atoms with E-state index in [1.165, 1.54) is 0 Å². The van der Waals surface area contributed by atoms with Crippen LogP contribution in [0.5, 0.6) is 11.5 Å². The molecule has 11 nitrogen and oxygen atoms in total. The van der Waals surface area contributed by atoms with Gasteiger partial charge >= 0.3 is 0 Å². The topological polar surface area (TPSA) is 157 Å². The maximum Gasteiger partial charge on any atom is 0.259 e. The van der Waals surface area contributed by atoms with Crippen molar-refractivity contribution in [3.05, 3.63) is 179 Å². The number of phenols is 2. The summed E-state index contributed by atoms with van der Waals surface area (Å²) in [6.07, 6.45) is 0. The van der Waals surface area contributed by atoms with E-state index in [9.17, 15) is 19.8 Å². The summed E-state index contributed by atoms with van der Waals surface area (Å²) in [5.41, 5.74) is 8.03. The van der Waals surface area contributed by atoms with Crippen LogP contribution in [0.25, 0.3) is 32.7 Å². The minimum absolute atomic E-state index is 0.00800. The third-order valence-electron chi connectivity index (χ3n) is 9.94. The van der Waals surface area contributed by atoms with Crippen molar-refractivity contribution in [3.63, 3.8) is 0 Å². The van der Waals surface area contributed by atoms with Crippen molar-refractivity contribution in [3.8, 4) is 22.6 Å². The predicted octanol–water partition coefficient (Wildman–Crippen LogP) is 12.9. The Kier molecular flexibility index (Phi) is 9.79. The molecule has 0 saturated carbocycles. The summed E-state index contributed by atoms with van der Waals surface area (Å²) in [5, 5.41) is 46.3. The molecule has 1 aliphatic carbocycles. The Morgan fingerprint density at radius 1 is 0.593 bits per heavy atom. The summed E-state index contributed by atoms with van der Waals surface area (Å²) < 4.78 is 0. The van der Waals surface area contributed by atoms with E-state index < -0.39 is 5.91 Å². The van der Waals surface area contributed by atoms with E-state index in [1.807, 2.05) is 78.9 Å². The lowest BCUT2D eigenvalue weighted by molar-refractivity contribution is 0.102. The summed E-state index contributed by atoms with van der Waals surface area (Å²) in [5.74, 6) is -1.22. The number of nitrogens with one attached hydrogen (secondary N) is 2. The van der Waals surface area contributed by atoms with E-state index in [4.69, 9.17) is 16.4 Å². The Labute approximate surface area is 341 Å². The molecule has 0 bridgehead atoms. The number of halogens is 1. The van der Waals surface area contributed by atoms with Crippen LogP contribution in [-0.2, 0) is 11.4 Å². The van der Waals surface area contributed by atoms with Crippen LogP contribution in [0.15, 0.2) is 172 Å². The van der Waals surface area contributed by atoms with Gasteiger partial charge < -0.3 is 15.5 Å². The molecule has 1 aliphatic rings. The summed E-state index contributed by atoms with van der Waals surface area (Å²) in [4.78, 5) is 32.9. The van der Waals surface area contributed by atoms with E-state index in [0.29, 0.717) is 54.9 Å². The monoisotopic (exact) mass is 794 g/mol. The first kappa shape index (κ1) is 36.9. The van der Waals surface area contributed by atoms with Gasteiger partial charge in [0.25, 0.3) is 5.91 Å². The third-order valence-corrected chi connectivity index (χ3v) is 10.3. The SMILES string of the molecule is O=C1c2cc(N=Nc3c(O)c(CONc4ccccc4)cc4ccccc34)ccc2-c2ccc(N=Nc3c(O)c(C(=O)Nc4ccccc4Cl)cc4ccccc34)cc21. The fourth-order valence-corrected chi connectivity index (χ4v) is 7.21. The fourth-order valence-electron chi connectivity index (χ4n) is 7.03. The largest absolute Gasteiger partial charge is 0.505 e. The quantitative estimate of drug-likeness (QED) is 0.0797. The van der Waals surface area contributed by atoms with Gasteiger partial charge in [-0.1, -0.05) is 103 Å². The van der Waals surface area contributed by atoms with Crippen molar-refractivity contribution < 1.29 is 24.6 Å². The molecule has 0 fully saturated rings. The van der Waals surface area contributed by atoms with Crippen molar-refractivity contribution in [1.29, 1.82) is 0 Å². The van der Waals surface area contributed by atoms with Crippen LogP contribution in [-0.4, -0.2) is 21.9 Å². The van der Waals surface area contributed by atoms with Gasteiger partial charge in [0.15, 0.2) is 11.5 Å². The molecule has 0 radical (unpaired) electrons. The lowest BCUT2D eigenvalue weighted by Crippen LogP contribution is -2.12. The normalized spacial score (nSPS) is 12.1. The number of ketones is 1. The molecule has 8 aromatic rings. The summed E-state index contributed by atoms with van der Waals surface area (Å²) in [6.45, 7) is 0.0625. The number of benzene rings is 8. The Hall–Kier alpha value is -7.73. The molecule has 12 heteroatoms. The van der Waals surface area contributed by atoms with E-state index in [-0.39, 0.29) is 40.8 Å². The number of para-hydroxylation sites is 2. The first-order valence-electron chi connectivity index (χ1n) is 18.5. The van der Waals surface area contributed by atoms with Crippen molar-refractivity contribution in [1.82, 2.24) is 0 Å². The second kappa shape index (κ2) is 15.7. The number of hydrogen-bond donors (Lipinski definition) is 4. The number of fused-ring (bicyclic) bond motifs is 5. The zero-order chi connectivity index (χ0) is 40.5. The van der Waals surface area contributed by atoms with E-state index in [2.05, 4.69) is 31.3 Å². The molecule has 4 N–H and O–H groups in total. The van der Waals surface area contributed by atoms with E-state index >= 15 is 0 Å². The number of carbonyl (C=O) groups is 2. The van der Waals surface area contributed by atoms with E-state index in [0.717, 1.165) is 22.2 Å². The molecule has 0 spiro atoms. The molecule has 8 aromatic carbocycles. The molecular weight excluding hydrogens is 764 g/mol. The van der Waals surface area contributed by atoms with Gasteiger partial charge in [-0.2, -0.15) is 10.2 Å². The van der Waals surface area contributed by atoms with Crippen LogP contribution >= 0.6 is 11.6 Å². The second-order valence-electron chi connectivity index (χ2n) is 13.7. The number of carbonyl (C=O) groups excluding carboxylic acids is 2. The van der Waals surface area contributed by atoms with E-state index in [1.54, 1.807) is 72.8 Å². The van der Waals surface area contributed by atoms with Crippen LogP contribution in [0.4, 0.5) is 34.1 Å². The number of hydrogen-bond acceptors (Lipinski definition) is 10. The molecule has 59 heavy (non-hydrogen) atoms. The Morgan fingerprint density at radius 2 is 1.15 bits per heavy atom. The van der Waals surface area contributed by atoms with Crippen LogP contribution < -0.4 is 10.8 Å². The molecule has 0 aromatic heterocycles. The Balaban J connectivity index is 0.974.